The average molecular weight is 214 g/mol. The molecule has 5 heteroatoms. The third-order valence-corrected chi connectivity index (χ3v) is 1.98. The topological polar surface area (TPSA) is 67.2 Å². The summed E-state index contributed by atoms with van der Waals surface area (Å²) < 4.78 is 0. The Morgan fingerprint density at radius 3 is 2.86 bits per heavy atom. The number of carbonyl (C=O) groups is 1. The van der Waals surface area contributed by atoms with Gasteiger partial charge in [-0.25, -0.2) is 5.84 Å². The first-order valence-corrected chi connectivity index (χ1v) is 4.54. The molecule has 0 aromatic heterocycles. The van der Waals surface area contributed by atoms with Gasteiger partial charge in [-0.1, -0.05) is 17.7 Å². The smallest absolute Gasteiger partial charge is 0.256 e. The summed E-state index contributed by atoms with van der Waals surface area (Å²) in [7, 11) is 0. The van der Waals surface area contributed by atoms with E-state index in [4.69, 9.17) is 17.4 Å². The number of anilines is 1. The summed E-state index contributed by atoms with van der Waals surface area (Å²) in [6.07, 6.45) is 0. The number of hydrogen-bond acceptors (Lipinski definition) is 3. The first-order valence-electron chi connectivity index (χ1n) is 4.16. The minimum absolute atomic E-state index is 0.273. The van der Waals surface area contributed by atoms with Crippen LogP contribution in [0.5, 0.6) is 0 Å². The molecule has 1 amide bonds. The molecular weight excluding hydrogens is 202 g/mol. The largest absolute Gasteiger partial charge is 0.374 e. The van der Waals surface area contributed by atoms with E-state index in [1.807, 2.05) is 6.07 Å². The fourth-order valence-electron chi connectivity index (χ4n) is 1.02. The van der Waals surface area contributed by atoms with Gasteiger partial charge in [0, 0.05) is 10.7 Å². The fourth-order valence-corrected chi connectivity index (χ4v) is 1.21. The normalized spacial score (nSPS) is 11.9. The molecule has 0 aliphatic carbocycles. The summed E-state index contributed by atoms with van der Waals surface area (Å²) in [6.45, 7) is 1.71. The third-order valence-electron chi connectivity index (χ3n) is 1.74. The van der Waals surface area contributed by atoms with Crippen LogP contribution in [0.4, 0.5) is 5.69 Å². The van der Waals surface area contributed by atoms with E-state index in [1.165, 1.54) is 0 Å². The van der Waals surface area contributed by atoms with Gasteiger partial charge >= 0.3 is 0 Å². The molecule has 4 N–H and O–H groups in total. The zero-order valence-corrected chi connectivity index (χ0v) is 8.51. The summed E-state index contributed by atoms with van der Waals surface area (Å²) in [5, 5.41) is 3.58. The predicted molar refractivity (Wildman–Crippen MR) is 56.9 cm³/mol. The highest BCUT2D eigenvalue weighted by molar-refractivity contribution is 6.30. The first-order chi connectivity index (χ1) is 6.63. The quantitative estimate of drug-likeness (QED) is 0.401. The third kappa shape index (κ3) is 2.90. The van der Waals surface area contributed by atoms with Crippen molar-refractivity contribution >= 4 is 23.2 Å². The highest BCUT2D eigenvalue weighted by Gasteiger charge is 2.10. The number of nitrogens with two attached hydrogens (primary N) is 1. The van der Waals surface area contributed by atoms with Gasteiger partial charge < -0.3 is 5.32 Å². The Bertz CT molecular complexity index is 330. The molecule has 0 bridgehead atoms. The number of carbonyl (C=O) groups excluding carboxylic acids is 1. The van der Waals surface area contributed by atoms with Crippen molar-refractivity contribution in [2.24, 2.45) is 5.84 Å². The minimum Gasteiger partial charge on any atom is -0.374 e. The summed E-state index contributed by atoms with van der Waals surface area (Å²) >= 11 is 5.78. The Labute approximate surface area is 87.4 Å². The van der Waals surface area contributed by atoms with Crippen LogP contribution in [0, 0.1) is 0 Å². The van der Waals surface area contributed by atoms with Gasteiger partial charge in [-0.3, -0.25) is 10.2 Å². The Balaban J connectivity index is 2.64. The Kier molecular flexibility index (Phi) is 3.73. The maximum atomic E-state index is 11.1. The van der Waals surface area contributed by atoms with Gasteiger partial charge in [-0.2, -0.15) is 0 Å². The highest BCUT2D eigenvalue weighted by atomic mass is 35.5. The molecule has 0 unspecified atom stereocenters. The molecule has 0 spiro atoms. The number of benzene rings is 1. The molecule has 76 valence electrons. The van der Waals surface area contributed by atoms with Crippen LogP contribution in [-0.4, -0.2) is 11.9 Å². The predicted octanol–water partition coefficient (Wildman–Crippen LogP) is 1.13. The lowest BCUT2D eigenvalue weighted by atomic mass is 10.2. The van der Waals surface area contributed by atoms with E-state index >= 15 is 0 Å². The van der Waals surface area contributed by atoms with Crippen molar-refractivity contribution in [2.45, 2.75) is 13.0 Å². The summed E-state index contributed by atoms with van der Waals surface area (Å²) in [4.78, 5) is 11.1. The van der Waals surface area contributed by atoms with Crippen LogP contribution in [0.2, 0.25) is 5.02 Å². The zero-order valence-electron chi connectivity index (χ0n) is 7.75. The molecule has 1 aromatic carbocycles. The lowest BCUT2D eigenvalue weighted by Crippen LogP contribution is -2.41. The van der Waals surface area contributed by atoms with Gasteiger partial charge in [-0.05, 0) is 25.1 Å². The Morgan fingerprint density at radius 2 is 2.29 bits per heavy atom. The van der Waals surface area contributed by atoms with Crippen LogP contribution < -0.4 is 16.6 Å². The summed E-state index contributed by atoms with van der Waals surface area (Å²) in [5.74, 6) is 4.72. The lowest BCUT2D eigenvalue weighted by molar-refractivity contribution is -0.121. The van der Waals surface area contributed by atoms with E-state index in [-0.39, 0.29) is 5.91 Å². The molecule has 0 saturated heterocycles. The number of halogens is 1. The molecular formula is C9H12ClN3O. The van der Waals surface area contributed by atoms with E-state index in [2.05, 4.69) is 10.7 Å². The van der Waals surface area contributed by atoms with Crippen molar-refractivity contribution < 1.29 is 4.79 Å². The van der Waals surface area contributed by atoms with Crippen molar-refractivity contribution in [3.05, 3.63) is 29.3 Å². The van der Waals surface area contributed by atoms with Crippen molar-refractivity contribution in [3.8, 4) is 0 Å². The molecule has 0 aliphatic heterocycles. The fraction of sp³-hybridized carbons (Fsp3) is 0.222. The van der Waals surface area contributed by atoms with Crippen LogP contribution in [0.1, 0.15) is 6.92 Å². The van der Waals surface area contributed by atoms with Gasteiger partial charge in [0.05, 0.1) is 0 Å². The maximum Gasteiger partial charge on any atom is 0.256 e. The number of nitrogens with one attached hydrogen (secondary N) is 2. The van der Waals surface area contributed by atoms with Crippen LogP contribution in [0.15, 0.2) is 24.3 Å². The first kappa shape index (κ1) is 10.8. The molecule has 0 saturated carbocycles. The SMILES string of the molecule is C[C@@H](Nc1cccc(Cl)c1)C(=O)NN. The molecule has 1 aromatic rings. The monoisotopic (exact) mass is 213 g/mol. The van der Waals surface area contributed by atoms with E-state index < -0.39 is 6.04 Å². The van der Waals surface area contributed by atoms with Gasteiger partial charge in [-0.15, -0.1) is 0 Å². The lowest BCUT2D eigenvalue weighted by Gasteiger charge is -2.13. The van der Waals surface area contributed by atoms with Crippen LogP contribution in [-0.2, 0) is 4.79 Å². The van der Waals surface area contributed by atoms with Crippen LogP contribution in [0.3, 0.4) is 0 Å². The number of rotatable bonds is 3. The second-order valence-corrected chi connectivity index (χ2v) is 3.32. The minimum atomic E-state index is -0.390. The van der Waals surface area contributed by atoms with Crippen LogP contribution >= 0.6 is 11.6 Å². The molecule has 1 rings (SSSR count). The molecule has 0 heterocycles. The van der Waals surface area contributed by atoms with Crippen molar-refractivity contribution in [1.82, 2.24) is 5.43 Å². The number of hydrogen-bond donors (Lipinski definition) is 3. The van der Waals surface area contributed by atoms with Crippen LogP contribution in [0.25, 0.3) is 0 Å². The zero-order chi connectivity index (χ0) is 10.6. The summed E-state index contributed by atoms with van der Waals surface area (Å²) in [5.41, 5.74) is 2.85. The maximum absolute atomic E-state index is 11.1. The number of amides is 1. The molecule has 0 fully saturated rings. The van der Waals surface area contributed by atoms with Gasteiger partial charge in [0.1, 0.15) is 6.04 Å². The molecule has 0 radical (unpaired) electrons. The van der Waals surface area contributed by atoms with Gasteiger partial charge in [0.25, 0.3) is 5.91 Å². The molecule has 4 nitrogen and oxygen atoms in total. The average Bonchev–Trinajstić information content (AvgIpc) is 2.16. The molecule has 14 heavy (non-hydrogen) atoms. The van der Waals surface area contributed by atoms with Crippen molar-refractivity contribution in [2.75, 3.05) is 5.32 Å². The van der Waals surface area contributed by atoms with Gasteiger partial charge in [0.15, 0.2) is 0 Å². The van der Waals surface area contributed by atoms with E-state index in [1.54, 1.807) is 25.1 Å². The summed E-state index contributed by atoms with van der Waals surface area (Å²) in [6, 6.07) is 6.74. The number of hydrazine groups is 1. The Hall–Kier alpha value is -1.26. The van der Waals surface area contributed by atoms with E-state index in [0.29, 0.717) is 5.02 Å². The molecule has 0 aliphatic rings. The highest BCUT2D eigenvalue weighted by Crippen LogP contribution is 2.15. The van der Waals surface area contributed by atoms with Crippen molar-refractivity contribution in [1.29, 1.82) is 0 Å². The molecule has 1 atom stereocenters. The second-order valence-electron chi connectivity index (χ2n) is 2.88. The Morgan fingerprint density at radius 1 is 1.57 bits per heavy atom. The van der Waals surface area contributed by atoms with E-state index in [0.717, 1.165) is 5.69 Å². The van der Waals surface area contributed by atoms with Crippen molar-refractivity contribution in [3.63, 3.8) is 0 Å². The second kappa shape index (κ2) is 4.83. The van der Waals surface area contributed by atoms with Gasteiger partial charge in [0.2, 0.25) is 0 Å². The van der Waals surface area contributed by atoms with E-state index in [9.17, 15) is 4.79 Å². The standard InChI is InChI=1S/C9H12ClN3O/c1-6(9(14)13-11)12-8-4-2-3-7(10)5-8/h2-6,12H,11H2,1H3,(H,13,14)/t6-/m1/s1.